The molecule has 2 atom stereocenters. The Morgan fingerprint density at radius 2 is 1.74 bits per heavy atom. The summed E-state index contributed by atoms with van der Waals surface area (Å²) in [6.45, 7) is 6.27. The third-order valence-corrected chi connectivity index (χ3v) is 6.90. The average Bonchev–Trinajstić information content (AvgIpc) is 2.79. The van der Waals surface area contributed by atoms with Crippen molar-refractivity contribution in [3.63, 3.8) is 0 Å². The van der Waals surface area contributed by atoms with E-state index < -0.39 is 5.41 Å². The summed E-state index contributed by atoms with van der Waals surface area (Å²) >= 11 is 0. The molecule has 0 aromatic heterocycles. The van der Waals surface area contributed by atoms with Crippen LogP contribution in [0.4, 0.5) is 5.69 Å². The lowest BCUT2D eigenvalue weighted by atomic mass is 9.78. The van der Waals surface area contributed by atoms with E-state index in [-0.39, 0.29) is 23.7 Å². The quantitative estimate of drug-likeness (QED) is 0.760. The van der Waals surface area contributed by atoms with Crippen LogP contribution < -0.4 is 5.32 Å². The van der Waals surface area contributed by atoms with Crippen LogP contribution in [0.15, 0.2) is 54.6 Å². The zero-order valence-corrected chi connectivity index (χ0v) is 18.5. The highest BCUT2D eigenvalue weighted by Crippen LogP contribution is 2.38. The molecule has 2 unspecified atom stereocenters. The van der Waals surface area contributed by atoms with Gasteiger partial charge in [0.25, 0.3) is 0 Å². The highest BCUT2D eigenvalue weighted by molar-refractivity contribution is 5.93. The Bertz CT molecular complexity index is 900. The molecule has 31 heavy (non-hydrogen) atoms. The van der Waals surface area contributed by atoms with Gasteiger partial charge in [-0.25, -0.2) is 0 Å². The number of likely N-dealkylation sites (tertiary alicyclic amines) is 1. The van der Waals surface area contributed by atoms with Crippen molar-refractivity contribution >= 4 is 17.5 Å². The second-order valence-corrected chi connectivity index (χ2v) is 8.92. The summed E-state index contributed by atoms with van der Waals surface area (Å²) < 4.78 is 5.40. The molecule has 5 heteroatoms. The third kappa shape index (κ3) is 4.52. The fourth-order valence-electron chi connectivity index (χ4n) is 4.65. The normalized spacial score (nSPS) is 22.5. The predicted molar refractivity (Wildman–Crippen MR) is 122 cm³/mol. The summed E-state index contributed by atoms with van der Waals surface area (Å²) in [5.74, 6) is 0.0108. The number of piperidine rings is 1. The molecule has 1 N–H and O–H groups in total. The van der Waals surface area contributed by atoms with Gasteiger partial charge in [-0.2, -0.15) is 0 Å². The molecule has 0 spiro atoms. The molecule has 2 amide bonds. The van der Waals surface area contributed by atoms with E-state index in [1.165, 1.54) is 11.1 Å². The van der Waals surface area contributed by atoms with Crippen molar-refractivity contribution in [2.75, 3.05) is 31.6 Å². The highest BCUT2D eigenvalue weighted by atomic mass is 16.5. The SMILES string of the molecule is CCc1ccc(C2CC(C(=O)Nc3ccccc3)CN(C(=O)C3(CC)COC3)C2)cc1. The van der Waals surface area contributed by atoms with E-state index in [4.69, 9.17) is 4.74 Å². The summed E-state index contributed by atoms with van der Waals surface area (Å²) in [6, 6.07) is 18.2. The molecule has 2 saturated heterocycles. The number of nitrogens with one attached hydrogen (secondary N) is 1. The first-order valence-electron chi connectivity index (χ1n) is 11.4. The molecule has 0 aliphatic carbocycles. The standard InChI is InChI=1S/C26H32N2O3/c1-3-19-10-12-20(13-11-19)21-14-22(24(29)27-23-8-6-5-7-9-23)16-28(15-21)25(30)26(4-2)17-31-18-26/h5-13,21-22H,3-4,14-18H2,1-2H3,(H,27,29). The van der Waals surface area contributed by atoms with Crippen LogP contribution in [0, 0.1) is 11.3 Å². The summed E-state index contributed by atoms with van der Waals surface area (Å²) in [6.07, 6.45) is 2.50. The maximum absolute atomic E-state index is 13.5. The number of aryl methyl sites for hydroxylation is 1. The summed E-state index contributed by atoms with van der Waals surface area (Å²) in [5.41, 5.74) is 2.86. The smallest absolute Gasteiger partial charge is 0.233 e. The van der Waals surface area contributed by atoms with Gasteiger partial charge in [0.15, 0.2) is 0 Å². The Kier molecular flexibility index (Phi) is 6.42. The van der Waals surface area contributed by atoms with Crippen molar-refractivity contribution in [2.24, 2.45) is 11.3 Å². The minimum absolute atomic E-state index is 0.0192. The Hall–Kier alpha value is -2.66. The van der Waals surface area contributed by atoms with Gasteiger partial charge < -0.3 is 15.0 Å². The Morgan fingerprint density at radius 1 is 1.03 bits per heavy atom. The molecule has 164 valence electrons. The van der Waals surface area contributed by atoms with E-state index in [0.29, 0.717) is 26.3 Å². The predicted octanol–water partition coefficient (Wildman–Crippen LogP) is 4.25. The molecule has 4 rings (SSSR count). The number of nitrogens with zero attached hydrogens (tertiary/aromatic N) is 1. The largest absolute Gasteiger partial charge is 0.379 e. The number of hydrogen-bond acceptors (Lipinski definition) is 3. The summed E-state index contributed by atoms with van der Waals surface area (Å²) in [4.78, 5) is 28.5. The number of para-hydroxylation sites is 1. The maximum Gasteiger partial charge on any atom is 0.233 e. The molecule has 2 aromatic rings. The Morgan fingerprint density at radius 3 is 2.32 bits per heavy atom. The average molecular weight is 421 g/mol. The topological polar surface area (TPSA) is 58.6 Å². The van der Waals surface area contributed by atoms with Crippen LogP contribution in [0.5, 0.6) is 0 Å². The van der Waals surface area contributed by atoms with Gasteiger partial charge in [0.2, 0.25) is 11.8 Å². The van der Waals surface area contributed by atoms with Gasteiger partial charge in [-0.15, -0.1) is 0 Å². The number of carbonyl (C=O) groups is 2. The van der Waals surface area contributed by atoms with Crippen molar-refractivity contribution < 1.29 is 14.3 Å². The van der Waals surface area contributed by atoms with E-state index >= 15 is 0 Å². The monoisotopic (exact) mass is 420 g/mol. The fraction of sp³-hybridized carbons (Fsp3) is 0.462. The molecule has 0 saturated carbocycles. The first kappa shape index (κ1) is 21.6. The van der Waals surface area contributed by atoms with Crippen molar-refractivity contribution in [3.8, 4) is 0 Å². The summed E-state index contributed by atoms with van der Waals surface area (Å²) in [5, 5.41) is 3.04. The first-order valence-corrected chi connectivity index (χ1v) is 11.4. The highest BCUT2D eigenvalue weighted by Gasteiger charge is 2.48. The van der Waals surface area contributed by atoms with Gasteiger partial charge in [0, 0.05) is 24.7 Å². The lowest BCUT2D eigenvalue weighted by molar-refractivity contribution is -0.175. The maximum atomic E-state index is 13.5. The molecular formula is C26H32N2O3. The number of rotatable bonds is 6. The van der Waals surface area contributed by atoms with Crippen LogP contribution in [0.25, 0.3) is 0 Å². The van der Waals surface area contributed by atoms with Gasteiger partial charge in [-0.3, -0.25) is 9.59 Å². The molecular weight excluding hydrogens is 388 g/mol. The minimum Gasteiger partial charge on any atom is -0.379 e. The third-order valence-electron chi connectivity index (χ3n) is 6.90. The second kappa shape index (κ2) is 9.23. The first-order chi connectivity index (χ1) is 15.0. The lowest BCUT2D eigenvalue weighted by Crippen LogP contribution is -2.58. The van der Waals surface area contributed by atoms with Crippen LogP contribution in [0.1, 0.15) is 43.7 Å². The molecule has 2 fully saturated rings. The molecule has 2 aliphatic rings. The van der Waals surface area contributed by atoms with Crippen molar-refractivity contribution in [1.29, 1.82) is 0 Å². The Balaban J connectivity index is 1.56. The van der Waals surface area contributed by atoms with E-state index in [0.717, 1.165) is 24.9 Å². The number of amides is 2. The number of benzene rings is 2. The number of anilines is 1. The molecule has 2 aromatic carbocycles. The van der Waals surface area contributed by atoms with E-state index in [9.17, 15) is 9.59 Å². The molecule has 2 heterocycles. The minimum atomic E-state index is -0.422. The molecule has 5 nitrogen and oxygen atoms in total. The van der Waals surface area contributed by atoms with Crippen LogP contribution in [0.2, 0.25) is 0 Å². The van der Waals surface area contributed by atoms with Crippen molar-refractivity contribution in [3.05, 3.63) is 65.7 Å². The van der Waals surface area contributed by atoms with Gasteiger partial charge in [-0.1, -0.05) is 56.3 Å². The molecule has 0 radical (unpaired) electrons. The lowest BCUT2D eigenvalue weighted by Gasteiger charge is -2.46. The Labute approximate surface area is 184 Å². The van der Waals surface area contributed by atoms with Gasteiger partial charge >= 0.3 is 0 Å². The van der Waals surface area contributed by atoms with Crippen LogP contribution >= 0.6 is 0 Å². The second-order valence-electron chi connectivity index (χ2n) is 8.92. The molecule has 0 bridgehead atoms. The van der Waals surface area contributed by atoms with E-state index in [1.54, 1.807) is 0 Å². The van der Waals surface area contributed by atoms with E-state index in [1.807, 2.05) is 42.2 Å². The van der Waals surface area contributed by atoms with Gasteiger partial charge in [0.05, 0.1) is 24.5 Å². The number of hydrogen-bond donors (Lipinski definition) is 1. The van der Waals surface area contributed by atoms with Crippen LogP contribution in [0.3, 0.4) is 0 Å². The van der Waals surface area contributed by atoms with Crippen molar-refractivity contribution in [2.45, 2.75) is 39.0 Å². The van der Waals surface area contributed by atoms with Crippen LogP contribution in [-0.4, -0.2) is 43.0 Å². The zero-order chi connectivity index (χ0) is 21.8. The van der Waals surface area contributed by atoms with Gasteiger partial charge in [0.1, 0.15) is 0 Å². The number of ether oxygens (including phenoxy) is 1. The summed E-state index contributed by atoms with van der Waals surface area (Å²) in [7, 11) is 0. The zero-order valence-electron chi connectivity index (χ0n) is 18.5. The van der Waals surface area contributed by atoms with E-state index in [2.05, 4.69) is 36.5 Å². The molecule has 2 aliphatic heterocycles. The fourth-order valence-corrected chi connectivity index (χ4v) is 4.65. The van der Waals surface area contributed by atoms with Crippen molar-refractivity contribution in [1.82, 2.24) is 4.90 Å². The van der Waals surface area contributed by atoms with Crippen LogP contribution in [-0.2, 0) is 20.7 Å². The van der Waals surface area contributed by atoms with Gasteiger partial charge in [-0.05, 0) is 42.5 Å². The number of carbonyl (C=O) groups excluding carboxylic acids is 2.